The fraction of sp³-hybridized carbons (Fsp3) is 0.632. The predicted octanol–water partition coefficient (Wildman–Crippen LogP) is 1.56. The minimum atomic E-state index is -1.31. The average Bonchev–Trinajstić information content (AvgIpc) is 3.43. The standard InChI is InChI=1S/C19H28N2O4/c1-24-16-6-3-5-15(17(16)25-2)12-21-10-4-9-19(23,18(21)22)13-20-11-14-7-8-14/h3,5-6,14,20,23H,4,7-13H2,1-2H3. The van der Waals surface area contributed by atoms with Crippen LogP contribution < -0.4 is 14.8 Å². The lowest BCUT2D eigenvalue weighted by molar-refractivity contribution is -0.157. The molecule has 0 aromatic heterocycles. The van der Waals surface area contributed by atoms with Gasteiger partial charge in [0.1, 0.15) is 0 Å². The number of carbonyl (C=O) groups excluding carboxylic acids is 1. The van der Waals surface area contributed by atoms with Crippen molar-refractivity contribution in [3.05, 3.63) is 23.8 Å². The molecule has 1 saturated carbocycles. The van der Waals surface area contributed by atoms with Crippen molar-refractivity contribution in [1.29, 1.82) is 0 Å². The Bertz CT molecular complexity index is 617. The van der Waals surface area contributed by atoms with Gasteiger partial charge in [-0.1, -0.05) is 12.1 Å². The molecule has 1 saturated heterocycles. The molecular weight excluding hydrogens is 320 g/mol. The van der Waals surface area contributed by atoms with Crippen LogP contribution in [0.3, 0.4) is 0 Å². The number of piperidine rings is 1. The molecule has 6 nitrogen and oxygen atoms in total. The van der Waals surface area contributed by atoms with E-state index in [0.29, 0.717) is 37.6 Å². The van der Waals surface area contributed by atoms with Gasteiger partial charge in [-0.15, -0.1) is 0 Å². The van der Waals surface area contributed by atoms with Crippen LogP contribution >= 0.6 is 0 Å². The van der Waals surface area contributed by atoms with E-state index in [2.05, 4.69) is 5.32 Å². The number of carbonyl (C=O) groups is 1. The number of amides is 1. The fourth-order valence-corrected chi connectivity index (χ4v) is 3.47. The Balaban J connectivity index is 1.68. The van der Waals surface area contributed by atoms with Crippen molar-refractivity contribution in [3.63, 3.8) is 0 Å². The maximum atomic E-state index is 12.9. The second kappa shape index (κ2) is 7.62. The molecule has 1 heterocycles. The van der Waals surface area contributed by atoms with Crippen LogP contribution in [0.25, 0.3) is 0 Å². The Hall–Kier alpha value is -1.79. The number of para-hydroxylation sites is 1. The average molecular weight is 348 g/mol. The first-order valence-corrected chi connectivity index (χ1v) is 9.00. The van der Waals surface area contributed by atoms with Gasteiger partial charge in [0, 0.05) is 25.2 Å². The largest absolute Gasteiger partial charge is 0.493 e. The van der Waals surface area contributed by atoms with Crippen molar-refractivity contribution >= 4 is 5.91 Å². The molecule has 1 aliphatic heterocycles. The van der Waals surface area contributed by atoms with Gasteiger partial charge in [-0.3, -0.25) is 4.79 Å². The van der Waals surface area contributed by atoms with Crippen LogP contribution in [0.15, 0.2) is 18.2 Å². The molecule has 2 fully saturated rings. The van der Waals surface area contributed by atoms with E-state index in [9.17, 15) is 9.90 Å². The Morgan fingerprint density at radius 1 is 1.32 bits per heavy atom. The van der Waals surface area contributed by atoms with E-state index in [1.165, 1.54) is 12.8 Å². The summed E-state index contributed by atoms with van der Waals surface area (Å²) < 4.78 is 10.8. The molecular formula is C19H28N2O4. The highest BCUT2D eigenvalue weighted by Crippen LogP contribution is 2.33. The van der Waals surface area contributed by atoms with Gasteiger partial charge in [-0.2, -0.15) is 0 Å². The number of benzene rings is 1. The highest BCUT2D eigenvalue weighted by molar-refractivity contribution is 5.86. The maximum Gasteiger partial charge on any atom is 0.256 e. The molecule has 1 amide bonds. The van der Waals surface area contributed by atoms with Crippen molar-refractivity contribution in [3.8, 4) is 11.5 Å². The third-order valence-electron chi connectivity index (χ3n) is 5.10. The summed E-state index contributed by atoms with van der Waals surface area (Å²) in [6.45, 7) is 2.27. The maximum absolute atomic E-state index is 12.9. The third-order valence-corrected chi connectivity index (χ3v) is 5.10. The van der Waals surface area contributed by atoms with Crippen LogP contribution in [0.2, 0.25) is 0 Å². The lowest BCUT2D eigenvalue weighted by Gasteiger charge is -2.38. The molecule has 1 atom stereocenters. The van der Waals surface area contributed by atoms with Gasteiger partial charge in [0.2, 0.25) is 0 Å². The van der Waals surface area contributed by atoms with E-state index in [-0.39, 0.29) is 5.91 Å². The van der Waals surface area contributed by atoms with E-state index in [0.717, 1.165) is 24.4 Å². The number of methoxy groups -OCH3 is 2. The van der Waals surface area contributed by atoms with E-state index in [1.807, 2.05) is 18.2 Å². The molecule has 0 spiro atoms. The molecule has 0 radical (unpaired) electrons. The molecule has 1 unspecified atom stereocenters. The van der Waals surface area contributed by atoms with Crippen LogP contribution in [-0.4, -0.2) is 55.4 Å². The highest BCUT2D eigenvalue weighted by Gasteiger charge is 2.42. The van der Waals surface area contributed by atoms with Crippen molar-refractivity contribution < 1.29 is 19.4 Å². The Morgan fingerprint density at radius 2 is 2.12 bits per heavy atom. The SMILES string of the molecule is COc1cccc(CN2CCCC(O)(CNCC3CC3)C2=O)c1OC. The summed E-state index contributed by atoms with van der Waals surface area (Å²) in [5.74, 6) is 1.80. The van der Waals surface area contributed by atoms with E-state index < -0.39 is 5.60 Å². The summed E-state index contributed by atoms with van der Waals surface area (Å²) in [4.78, 5) is 14.6. The van der Waals surface area contributed by atoms with E-state index >= 15 is 0 Å². The molecule has 2 aliphatic rings. The lowest BCUT2D eigenvalue weighted by Crippen LogP contribution is -2.57. The van der Waals surface area contributed by atoms with Gasteiger partial charge in [-0.05, 0) is 44.2 Å². The number of hydrogen-bond donors (Lipinski definition) is 2. The molecule has 3 rings (SSSR count). The van der Waals surface area contributed by atoms with E-state index in [1.54, 1.807) is 19.1 Å². The molecule has 2 N–H and O–H groups in total. The second-order valence-electron chi connectivity index (χ2n) is 7.09. The molecule has 138 valence electrons. The Morgan fingerprint density at radius 3 is 2.80 bits per heavy atom. The quantitative estimate of drug-likeness (QED) is 0.746. The molecule has 1 aromatic rings. The van der Waals surface area contributed by atoms with Crippen molar-refractivity contribution in [2.75, 3.05) is 33.9 Å². The van der Waals surface area contributed by atoms with Gasteiger partial charge in [-0.25, -0.2) is 0 Å². The molecule has 1 aromatic carbocycles. The van der Waals surface area contributed by atoms with Crippen LogP contribution in [-0.2, 0) is 11.3 Å². The summed E-state index contributed by atoms with van der Waals surface area (Å²) in [5, 5.41) is 14.1. The minimum absolute atomic E-state index is 0.202. The summed E-state index contributed by atoms with van der Waals surface area (Å²) >= 11 is 0. The minimum Gasteiger partial charge on any atom is -0.493 e. The fourth-order valence-electron chi connectivity index (χ4n) is 3.47. The van der Waals surface area contributed by atoms with Gasteiger partial charge >= 0.3 is 0 Å². The highest BCUT2D eigenvalue weighted by atomic mass is 16.5. The number of rotatable bonds is 8. The first-order valence-electron chi connectivity index (χ1n) is 9.00. The first-order chi connectivity index (χ1) is 12.1. The predicted molar refractivity (Wildman–Crippen MR) is 94.7 cm³/mol. The third kappa shape index (κ3) is 4.07. The summed E-state index contributed by atoms with van der Waals surface area (Å²) in [6.07, 6.45) is 3.80. The Kier molecular flexibility index (Phi) is 5.49. The van der Waals surface area contributed by atoms with E-state index in [4.69, 9.17) is 9.47 Å². The zero-order chi connectivity index (χ0) is 17.9. The van der Waals surface area contributed by atoms with Crippen LogP contribution in [0.4, 0.5) is 0 Å². The zero-order valence-electron chi connectivity index (χ0n) is 15.1. The molecule has 1 aliphatic carbocycles. The van der Waals surface area contributed by atoms with Crippen LogP contribution in [0.5, 0.6) is 11.5 Å². The number of nitrogens with zero attached hydrogens (tertiary/aromatic N) is 1. The van der Waals surface area contributed by atoms with Gasteiger partial charge in [0.15, 0.2) is 17.1 Å². The van der Waals surface area contributed by atoms with Gasteiger partial charge < -0.3 is 24.8 Å². The van der Waals surface area contributed by atoms with Crippen molar-refractivity contribution in [2.45, 2.75) is 37.8 Å². The van der Waals surface area contributed by atoms with Crippen LogP contribution in [0, 0.1) is 5.92 Å². The molecule has 0 bridgehead atoms. The van der Waals surface area contributed by atoms with Crippen molar-refractivity contribution in [1.82, 2.24) is 10.2 Å². The summed E-state index contributed by atoms with van der Waals surface area (Å²) in [6, 6.07) is 5.64. The molecule has 25 heavy (non-hydrogen) atoms. The second-order valence-corrected chi connectivity index (χ2v) is 7.09. The van der Waals surface area contributed by atoms with Gasteiger partial charge in [0.05, 0.1) is 14.2 Å². The van der Waals surface area contributed by atoms with Crippen molar-refractivity contribution in [2.24, 2.45) is 5.92 Å². The van der Waals surface area contributed by atoms with Crippen LogP contribution in [0.1, 0.15) is 31.2 Å². The number of ether oxygens (including phenoxy) is 2. The summed E-state index contributed by atoms with van der Waals surface area (Å²) in [5.41, 5.74) is -0.426. The summed E-state index contributed by atoms with van der Waals surface area (Å²) in [7, 11) is 3.19. The lowest BCUT2D eigenvalue weighted by atomic mass is 9.91. The smallest absolute Gasteiger partial charge is 0.256 e. The Labute approximate surface area is 149 Å². The normalized spacial score (nSPS) is 23.6. The topological polar surface area (TPSA) is 71.0 Å². The number of aliphatic hydroxyl groups is 1. The molecule has 6 heteroatoms. The number of hydrogen-bond acceptors (Lipinski definition) is 5. The first kappa shape index (κ1) is 18.0. The number of likely N-dealkylation sites (tertiary alicyclic amines) is 1. The van der Waals surface area contributed by atoms with Gasteiger partial charge in [0.25, 0.3) is 5.91 Å². The number of nitrogens with one attached hydrogen (secondary N) is 1. The monoisotopic (exact) mass is 348 g/mol. The zero-order valence-corrected chi connectivity index (χ0v) is 15.1.